The minimum Gasteiger partial charge on any atom is -0.309 e. The minimum atomic E-state index is -0.298. The van der Waals surface area contributed by atoms with E-state index >= 15 is 0 Å². The highest BCUT2D eigenvalue weighted by Gasteiger charge is 2.40. The van der Waals surface area contributed by atoms with Gasteiger partial charge in [-0.25, -0.2) is 9.97 Å². The number of benzene rings is 7. The van der Waals surface area contributed by atoms with E-state index in [1.54, 1.807) is 0 Å². The van der Waals surface area contributed by atoms with Crippen LogP contribution in [0.25, 0.3) is 88.9 Å². The monoisotopic (exact) mass is 678 g/mol. The van der Waals surface area contributed by atoms with E-state index in [2.05, 4.69) is 187 Å². The van der Waals surface area contributed by atoms with E-state index in [1.165, 1.54) is 43.7 Å². The molecule has 0 amide bonds. The fraction of sp³-hybridized carbons (Fsp3) is 0.0612. The van der Waals surface area contributed by atoms with E-state index in [1.807, 2.05) is 6.07 Å². The smallest absolute Gasteiger partial charge is 0.160 e. The molecule has 4 heteroatoms. The first kappa shape index (κ1) is 29.9. The predicted octanol–water partition coefficient (Wildman–Crippen LogP) is 12.3. The summed E-state index contributed by atoms with van der Waals surface area (Å²) in [5, 5.41) is 4.94. The molecular weight excluding hydrogens is 645 g/mol. The first-order valence-electron chi connectivity index (χ1n) is 18.3. The van der Waals surface area contributed by atoms with Crippen LogP contribution >= 0.6 is 0 Å². The van der Waals surface area contributed by atoms with Gasteiger partial charge in [0.05, 0.1) is 39.1 Å². The fourth-order valence-electron chi connectivity index (χ4n) is 8.94. The Morgan fingerprint density at radius 1 is 0.434 bits per heavy atom. The van der Waals surface area contributed by atoms with Crippen molar-refractivity contribution in [3.63, 3.8) is 0 Å². The number of rotatable bonds is 4. The zero-order valence-electron chi connectivity index (χ0n) is 29.5. The summed E-state index contributed by atoms with van der Waals surface area (Å²) in [6, 6.07) is 61.0. The molecule has 0 spiro atoms. The molecular formula is C49H34N4. The van der Waals surface area contributed by atoms with Crippen LogP contribution in [0.2, 0.25) is 0 Å². The number of hydrogen-bond donors (Lipinski definition) is 0. The zero-order valence-corrected chi connectivity index (χ0v) is 29.5. The molecule has 7 aromatic carbocycles. The van der Waals surface area contributed by atoms with E-state index in [0.717, 1.165) is 56.3 Å². The third-order valence-corrected chi connectivity index (χ3v) is 11.3. The molecule has 0 saturated heterocycles. The van der Waals surface area contributed by atoms with Gasteiger partial charge >= 0.3 is 0 Å². The summed E-state index contributed by atoms with van der Waals surface area (Å²) in [4.78, 5) is 10.8. The molecule has 0 unspecified atom stereocenters. The zero-order chi connectivity index (χ0) is 35.3. The van der Waals surface area contributed by atoms with Gasteiger partial charge < -0.3 is 9.13 Å². The largest absolute Gasteiger partial charge is 0.309 e. The maximum absolute atomic E-state index is 5.50. The summed E-state index contributed by atoms with van der Waals surface area (Å²) in [6.45, 7) is 4.63. The lowest BCUT2D eigenvalue weighted by molar-refractivity contribution is 0.658. The number of fused-ring (bicyclic) bond motifs is 9. The van der Waals surface area contributed by atoms with Crippen LogP contribution in [-0.4, -0.2) is 19.1 Å². The fourth-order valence-corrected chi connectivity index (χ4v) is 8.94. The van der Waals surface area contributed by atoms with Crippen molar-refractivity contribution in [1.82, 2.24) is 19.1 Å². The second-order valence-corrected chi connectivity index (χ2v) is 14.6. The average molecular weight is 679 g/mol. The topological polar surface area (TPSA) is 35.6 Å². The van der Waals surface area contributed by atoms with Gasteiger partial charge in [0.15, 0.2) is 5.82 Å². The molecule has 0 fully saturated rings. The summed E-state index contributed by atoms with van der Waals surface area (Å²) in [5.74, 6) is 0.734. The van der Waals surface area contributed by atoms with Crippen molar-refractivity contribution in [2.75, 3.05) is 0 Å². The van der Waals surface area contributed by atoms with Crippen LogP contribution in [0.1, 0.15) is 25.0 Å². The Hall–Kier alpha value is -6.78. The SMILES string of the molecule is CC1(C)c2ccccc2-c2nc(-c3ccccc3)nc(-c3ccccc3-n3c4ccccc4c4cc5c6ccccc6n(-c6ccccc6)c5cc43)c21. The third kappa shape index (κ3) is 4.24. The first-order chi connectivity index (χ1) is 26.1. The molecule has 1 aliphatic rings. The van der Waals surface area contributed by atoms with E-state index < -0.39 is 0 Å². The molecule has 3 aromatic heterocycles. The molecule has 0 radical (unpaired) electrons. The van der Waals surface area contributed by atoms with Crippen molar-refractivity contribution in [3.05, 3.63) is 181 Å². The summed E-state index contributed by atoms with van der Waals surface area (Å²) < 4.78 is 4.86. The summed E-state index contributed by atoms with van der Waals surface area (Å²) in [5.41, 5.74) is 14.3. The third-order valence-electron chi connectivity index (χ3n) is 11.3. The van der Waals surface area contributed by atoms with E-state index in [9.17, 15) is 0 Å². The normalized spacial score (nSPS) is 13.2. The summed E-state index contributed by atoms with van der Waals surface area (Å²) in [7, 11) is 0. The van der Waals surface area contributed by atoms with E-state index in [0.29, 0.717) is 0 Å². The predicted molar refractivity (Wildman–Crippen MR) is 219 cm³/mol. The second kappa shape index (κ2) is 11.1. The molecule has 3 heterocycles. The summed E-state index contributed by atoms with van der Waals surface area (Å²) >= 11 is 0. The van der Waals surface area contributed by atoms with Crippen molar-refractivity contribution in [3.8, 4) is 45.3 Å². The second-order valence-electron chi connectivity index (χ2n) is 14.6. The van der Waals surface area contributed by atoms with Crippen LogP contribution in [0.3, 0.4) is 0 Å². The highest BCUT2D eigenvalue weighted by Crippen LogP contribution is 2.52. The van der Waals surface area contributed by atoms with Crippen LogP contribution in [0, 0.1) is 0 Å². The van der Waals surface area contributed by atoms with Crippen molar-refractivity contribution >= 4 is 43.6 Å². The Bertz CT molecular complexity index is 3080. The number of aromatic nitrogens is 4. The quantitative estimate of drug-likeness (QED) is 0.186. The van der Waals surface area contributed by atoms with E-state index in [-0.39, 0.29) is 5.41 Å². The van der Waals surface area contributed by atoms with Gasteiger partial charge in [0, 0.05) is 54.9 Å². The maximum Gasteiger partial charge on any atom is 0.160 e. The Morgan fingerprint density at radius 2 is 0.962 bits per heavy atom. The van der Waals surface area contributed by atoms with Crippen molar-refractivity contribution in [2.45, 2.75) is 19.3 Å². The Morgan fingerprint density at radius 3 is 1.68 bits per heavy atom. The molecule has 53 heavy (non-hydrogen) atoms. The molecule has 250 valence electrons. The Labute approximate surface area is 307 Å². The van der Waals surface area contributed by atoms with Gasteiger partial charge in [0.1, 0.15) is 0 Å². The van der Waals surface area contributed by atoms with Crippen LogP contribution in [0.5, 0.6) is 0 Å². The molecule has 0 atom stereocenters. The lowest BCUT2D eigenvalue weighted by atomic mass is 9.80. The number of hydrogen-bond acceptors (Lipinski definition) is 2. The van der Waals surface area contributed by atoms with Crippen LogP contribution in [-0.2, 0) is 5.41 Å². The molecule has 0 aliphatic heterocycles. The van der Waals surface area contributed by atoms with Crippen molar-refractivity contribution in [1.29, 1.82) is 0 Å². The van der Waals surface area contributed by atoms with Gasteiger partial charge in [-0.3, -0.25) is 0 Å². The van der Waals surface area contributed by atoms with Crippen LogP contribution < -0.4 is 0 Å². The highest BCUT2D eigenvalue weighted by molar-refractivity contribution is 6.19. The molecule has 11 rings (SSSR count). The van der Waals surface area contributed by atoms with Crippen LogP contribution in [0.4, 0.5) is 0 Å². The Balaban J connectivity index is 1.25. The molecule has 0 saturated carbocycles. The van der Waals surface area contributed by atoms with Gasteiger partial charge in [-0.05, 0) is 48.0 Å². The van der Waals surface area contributed by atoms with Gasteiger partial charge in [-0.1, -0.05) is 141 Å². The van der Waals surface area contributed by atoms with Gasteiger partial charge in [0.25, 0.3) is 0 Å². The summed E-state index contributed by atoms with van der Waals surface area (Å²) in [6.07, 6.45) is 0. The van der Waals surface area contributed by atoms with Crippen LogP contribution in [0.15, 0.2) is 170 Å². The average Bonchev–Trinajstić information content (AvgIpc) is 3.80. The minimum absolute atomic E-state index is 0.298. The van der Waals surface area contributed by atoms with Gasteiger partial charge in [0.2, 0.25) is 0 Å². The van der Waals surface area contributed by atoms with E-state index in [4.69, 9.17) is 9.97 Å². The molecule has 0 N–H and O–H groups in total. The lowest BCUT2D eigenvalue weighted by Gasteiger charge is -2.25. The van der Waals surface area contributed by atoms with Crippen molar-refractivity contribution < 1.29 is 0 Å². The van der Waals surface area contributed by atoms with Crippen molar-refractivity contribution in [2.24, 2.45) is 0 Å². The van der Waals surface area contributed by atoms with Gasteiger partial charge in [-0.15, -0.1) is 0 Å². The molecule has 0 bridgehead atoms. The molecule has 4 nitrogen and oxygen atoms in total. The first-order valence-corrected chi connectivity index (χ1v) is 18.3. The standard InChI is InChI=1S/C49H34N4/c1-49(2)39-25-13-9-23-35(39)46-45(49)47(51-48(50-46)31-17-5-3-6-18-31)36-24-12-16-28-42(36)53-41-27-15-11-22-34(41)38-29-37-33-21-10-14-26-40(33)52(43(37)30-44(38)53)32-19-7-4-8-20-32/h3-30H,1-2H3. The van der Waals surface area contributed by atoms with Gasteiger partial charge in [-0.2, -0.15) is 0 Å². The maximum atomic E-state index is 5.50. The highest BCUT2D eigenvalue weighted by atomic mass is 15.0. The lowest BCUT2D eigenvalue weighted by Crippen LogP contribution is -2.18. The Kier molecular flexibility index (Phi) is 6.27. The molecule has 10 aromatic rings. The number of nitrogens with zero attached hydrogens (tertiary/aromatic N) is 4. The molecule has 1 aliphatic carbocycles. The number of para-hydroxylation sites is 4.